The van der Waals surface area contributed by atoms with Crippen LogP contribution < -0.4 is 9.64 Å². The lowest BCUT2D eigenvalue weighted by Crippen LogP contribution is -2.49. The van der Waals surface area contributed by atoms with E-state index in [9.17, 15) is 9.18 Å². The maximum atomic E-state index is 13.8. The summed E-state index contributed by atoms with van der Waals surface area (Å²) in [5, 5.41) is 5.01. The first-order chi connectivity index (χ1) is 18.4. The van der Waals surface area contributed by atoms with Gasteiger partial charge < -0.3 is 14.5 Å². The Morgan fingerprint density at radius 3 is 2.39 bits per heavy atom. The van der Waals surface area contributed by atoms with Crippen molar-refractivity contribution in [1.82, 2.24) is 19.6 Å². The van der Waals surface area contributed by atoms with E-state index in [-0.39, 0.29) is 11.7 Å². The first kappa shape index (κ1) is 27.6. The van der Waals surface area contributed by atoms with Gasteiger partial charge >= 0.3 is 0 Å². The molecule has 0 spiro atoms. The number of anilines is 1. The van der Waals surface area contributed by atoms with Crippen molar-refractivity contribution in [3.8, 4) is 11.4 Å². The lowest BCUT2D eigenvalue weighted by molar-refractivity contribution is 0.0742. The van der Waals surface area contributed by atoms with Crippen LogP contribution in [0.3, 0.4) is 0 Å². The quantitative estimate of drug-likeness (QED) is 0.369. The molecule has 0 bridgehead atoms. The minimum absolute atomic E-state index is 0.0297. The Kier molecular flexibility index (Phi) is 9.05. The third kappa shape index (κ3) is 6.01. The van der Waals surface area contributed by atoms with Crippen molar-refractivity contribution in [2.24, 2.45) is 0 Å². The van der Waals surface area contributed by atoms with E-state index in [1.165, 1.54) is 12.1 Å². The molecule has 0 aliphatic carbocycles. The Morgan fingerprint density at radius 2 is 1.79 bits per heavy atom. The summed E-state index contributed by atoms with van der Waals surface area (Å²) in [7, 11) is 1.61. The van der Waals surface area contributed by atoms with Crippen molar-refractivity contribution in [2.75, 3.05) is 44.7 Å². The fraction of sp³-hybridized carbons (Fsp3) is 0.467. The SMILES string of the molecule is CCCN(Cc1c(CC)nn(-c2ccc(F)cc2)c1N1CCN(C(C)C)CC1)C(=O)c1cccc(OC)c1. The second-order valence-corrected chi connectivity index (χ2v) is 10.1. The number of carbonyl (C=O) groups is 1. The lowest BCUT2D eigenvalue weighted by atomic mass is 10.1. The zero-order valence-electron chi connectivity index (χ0n) is 23.3. The lowest BCUT2D eigenvalue weighted by Gasteiger charge is -2.38. The molecule has 0 atom stereocenters. The number of hydrogen-bond donors (Lipinski definition) is 0. The monoisotopic (exact) mass is 521 g/mol. The molecule has 1 fully saturated rings. The van der Waals surface area contributed by atoms with E-state index >= 15 is 0 Å². The third-order valence-electron chi connectivity index (χ3n) is 7.24. The van der Waals surface area contributed by atoms with Crippen LogP contribution in [-0.4, -0.2) is 71.4 Å². The summed E-state index contributed by atoms with van der Waals surface area (Å²) in [5.74, 6) is 1.35. The number of ether oxygens (including phenoxy) is 1. The average Bonchev–Trinajstić information content (AvgIpc) is 3.31. The number of aromatic nitrogens is 2. The van der Waals surface area contributed by atoms with Gasteiger partial charge in [0.05, 0.1) is 25.0 Å². The van der Waals surface area contributed by atoms with Crippen LogP contribution in [0.2, 0.25) is 0 Å². The van der Waals surface area contributed by atoms with Crippen molar-refractivity contribution in [3.05, 3.63) is 71.2 Å². The van der Waals surface area contributed by atoms with E-state index in [1.807, 2.05) is 27.8 Å². The number of halogens is 1. The van der Waals surface area contributed by atoms with Gasteiger partial charge in [0.15, 0.2) is 0 Å². The number of hydrogen-bond acceptors (Lipinski definition) is 5. The normalized spacial score (nSPS) is 14.2. The molecule has 1 amide bonds. The van der Waals surface area contributed by atoms with Gasteiger partial charge in [0.2, 0.25) is 0 Å². The molecular weight excluding hydrogens is 481 g/mol. The summed E-state index contributed by atoms with van der Waals surface area (Å²) >= 11 is 0. The highest BCUT2D eigenvalue weighted by atomic mass is 19.1. The number of aryl methyl sites for hydroxylation is 1. The zero-order chi connectivity index (χ0) is 27.2. The molecule has 38 heavy (non-hydrogen) atoms. The number of amides is 1. The summed E-state index contributed by atoms with van der Waals surface area (Å²) in [6, 6.07) is 14.3. The predicted octanol–water partition coefficient (Wildman–Crippen LogP) is 5.17. The van der Waals surface area contributed by atoms with Crippen LogP contribution in [0.5, 0.6) is 5.75 Å². The minimum Gasteiger partial charge on any atom is -0.497 e. The van der Waals surface area contributed by atoms with Gasteiger partial charge in [-0.3, -0.25) is 9.69 Å². The average molecular weight is 522 g/mol. The van der Waals surface area contributed by atoms with Gasteiger partial charge in [-0.2, -0.15) is 5.10 Å². The van der Waals surface area contributed by atoms with Crippen molar-refractivity contribution < 1.29 is 13.9 Å². The van der Waals surface area contributed by atoms with Crippen LogP contribution in [0.4, 0.5) is 10.2 Å². The smallest absolute Gasteiger partial charge is 0.254 e. The highest BCUT2D eigenvalue weighted by molar-refractivity contribution is 5.94. The maximum absolute atomic E-state index is 13.8. The van der Waals surface area contributed by atoms with Crippen LogP contribution in [0.15, 0.2) is 48.5 Å². The molecule has 0 saturated carbocycles. The van der Waals surface area contributed by atoms with Crippen LogP contribution >= 0.6 is 0 Å². The summed E-state index contributed by atoms with van der Waals surface area (Å²) < 4.78 is 21.1. The largest absolute Gasteiger partial charge is 0.497 e. The van der Waals surface area contributed by atoms with Crippen LogP contribution in [-0.2, 0) is 13.0 Å². The minimum atomic E-state index is -0.276. The van der Waals surface area contributed by atoms with Crippen molar-refractivity contribution in [2.45, 2.75) is 53.1 Å². The standard InChI is InChI=1S/C30H40FN5O2/c1-6-15-35(30(37)23-9-8-10-26(20-23)38-5)21-27-28(7-2)32-36(25-13-11-24(31)12-14-25)29(27)34-18-16-33(17-19-34)22(3)4/h8-14,20,22H,6-7,15-19,21H2,1-5H3. The third-order valence-corrected chi connectivity index (χ3v) is 7.24. The topological polar surface area (TPSA) is 53.8 Å². The Morgan fingerprint density at radius 1 is 1.08 bits per heavy atom. The molecule has 7 nitrogen and oxygen atoms in total. The molecule has 1 aliphatic rings. The van der Waals surface area contributed by atoms with Gasteiger partial charge in [0.1, 0.15) is 17.4 Å². The fourth-order valence-electron chi connectivity index (χ4n) is 5.12. The van der Waals surface area contributed by atoms with Crippen LogP contribution in [0.25, 0.3) is 5.69 Å². The number of rotatable bonds is 10. The number of nitrogens with zero attached hydrogens (tertiary/aromatic N) is 5. The number of methoxy groups -OCH3 is 1. The summed E-state index contributed by atoms with van der Waals surface area (Å²) in [6.07, 6.45) is 1.57. The highest BCUT2D eigenvalue weighted by Crippen LogP contribution is 2.31. The molecule has 0 radical (unpaired) electrons. The molecular formula is C30H40FN5O2. The molecule has 204 valence electrons. The van der Waals surface area contributed by atoms with E-state index < -0.39 is 0 Å². The maximum Gasteiger partial charge on any atom is 0.254 e. The number of benzene rings is 2. The Labute approximate surface area is 225 Å². The molecule has 0 N–H and O–H groups in total. The number of carbonyl (C=O) groups excluding carboxylic acids is 1. The zero-order valence-corrected chi connectivity index (χ0v) is 23.3. The fourth-order valence-corrected chi connectivity index (χ4v) is 5.12. The summed E-state index contributed by atoms with van der Waals surface area (Å²) in [4.78, 5) is 20.5. The highest BCUT2D eigenvalue weighted by Gasteiger charge is 2.29. The first-order valence-electron chi connectivity index (χ1n) is 13.6. The Hall–Kier alpha value is -3.39. The van der Waals surface area contributed by atoms with E-state index in [0.29, 0.717) is 30.4 Å². The summed E-state index contributed by atoms with van der Waals surface area (Å²) in [5.41, 5.74) is 3.43. The molecule has 2 heterocycles. The predicted molar refractivity (Wildman–Crippen MR) is 150 cm³/mol. The Bertz CT molecular complexity index is 1220. The van der Waals surface area contributed by atoms with Crippen molar-refractivity contribution in [1.29, 1.82) is 0 Å². The van der Waals surface area contributed by atoms with E-state index in [2.05, 4.69) is 37.5 Å². The van der Waals surface area contributed by atoms with Gasteiger partial charge in [-0.15, -0.1) is 0 Å². The molecule has 1 aromatic heterocycles. The molecule has 1 saturated heterocycles. The van der Waals surface area contributed by atoms with Crippen molar-refractivity contribution >= 4 is 11.7 Å². The van der Waals surface area contributed by atoms with Gasteiger partial charge in [-0.05, 0) is 69.2 Å². The van der Waals surface area contributed by atoms with E-state index in [4.69, 9.17) is 9.84 Å². The van der Waals surface area contributed by atoms with Crippen molar-refractivity contribution in [3.63, 3.8) is 0 Å². The molecule has 8 heteroatoms. The molecule has 0 unspecified atom stereocenters. The van der Waals surface area contributed by atoms with E-state index in [1.54, 1.807) is 25.3 Å². The van der Waals surface area contributed by atoms with E-state index in [0.717, 1.165) is 61.8 Å². The number of piperazine rings is 1. The van der Waals surface area contributed by atoms with Crippen LogP contribution in [0, 0.1) is 5.82 Å². The van der Waals surface area contributed by atoms with Crippen LogP contribution in [0.1, 0.15) is 55.7 Å². The van der Waals surface area contributed by atoms with Gasteiger partial charge in [0, 0.05) is 49.9 Å². The summed E-state index contributed by atoms with van der Waals surface area (Å²) in [6.45, 7) is 13.3. The van der Waals surface area contributed by atoms with Gasteiger partial charge in [0.25, 0.3) is 5.91 Å². The van der Waals surface area contributed by atoms with Gasteiger partial charge in [-0.1, -0.05) is 19.9 Å². The van der Waals surface area contributed by atoms with Gasteiger partial charge in [-0.25, -0.2) is 9.07 Å². The Balaban J connectivity index is 1.76. The second kappa shape index (κ2) is 12.4. The molecule has 4 rings (SSSR count). The molecule has 3 aromatic rings. The molecule has 2 aromatic carbocycles. The second-order valence-electron chi connectivity index (χ2n) is 10.1. The first-order valence-corrected chi connectivity index (χ1v) is 13.6. The molecule has 1 aliphatic heterocycles.